The average molecular weight is 182 g/mol. The monoisotopic (exact) mass is 180 g/mol. The van der Waals surface area contributed by atoms with E-state index >= 15 is 0 Å². The van der Waals surface area contributed by atoms with Crippen molar-refractivity contribution >= 4 is 23.1 Å². The van der Waals surface area contributed by atoms with Crippen molar-refractivity contribution in [2.24, 2.45) is 0 Å². The summed E-state index contributed by atoms with van der Waals surface area (Å²) in [6, 6.07) is 0. The Hall–Kier alpha value is 2.23. The Labute approximate surface area is 98.5 Å². The minimum absolute atomic E-state index is 0. The number of rotatable bonds is 0. The van der Waals surface area contributed by atoms with E-state index in [-0.39, 0.29) is 79.1 Å². The maximum Gasteiger partial charge on any atom is 2.00 e. The van der Waals surface area contributed by atoms with Crippen LogP contribution in [0.4, 0.5) is 0 Å². The van der Waals surface area contributed by atoms with Crippen molar-refractivity contribution < 1.29 is 56.1 Å². The molecule has 5 heteroatoms. The minimum atomic E-state index is 0. The standard InChI is InChI=1S/C3H8.3ClH.Li.Mg/c1-3-2;;;;;/h3H2,1-2H3;3*1H;;/q;;;;+1;+2/p-3. The summed E-state index contributed by atoms with van der Waals surface area (Å²) in [5, 5.41) is 0. The first-order chi connectivity index (χ1) is 1.41. The van der Waals surface area contributed by atoms with Crippen LogP contribution >= 0.6 is 0 Å². The largest absolute Gasteiger partial charge is 2.00 e. The normalized spacial score (nSPS) is 2.25. The minimum Gasteiger partial charge on any atom is -1.00 e. The van der Waals surface area contributed by atoms with Crippen LogP contribution in [0.5, 0.6) is 0 Å². The third-order valence-electron chi connectivity index (χ3n) is 0. The van der Waals surface area contributed by atoms with E-state index in [1.807, 2.05) is 0 Å². The third kappa shape index (κ3) is 86.4. The summed E-state index contributed by atoms with van der Waals surface area (Å²) in [6.07, 6.45) is 1.25. The predicted octanol–water partition coefficient (Wildman–Crippen LogP) is -10.9. The maximum absolute atomic E-state index is 2.12. The van der Waals surface area contributed by atoms with Crippen molar-refractivity contribution in [2.75, 3.05) is 0 Å². The molecule has 0 spiro atoms. The summed E-state index contributed by atoms with van der Waals surface area (Å²) in [4.78, 5) is 0. The summed E-state index contributed by atoms with van der Waals surface area (Å²) in [5.41, 5.74) is 0. The summed E-state index contributed by atoms with van der Waals surface area (Å²) in [5.74, 6) is 0. The second-order valence-electron chi connectivity index (χ2n) is 0.707. The molecule has 0 aromatic carbocycles. The van der Waals surface area contributed by atoms with Crippen molar-refractivity contribution in [3.05, 3.63) is 0 Å². The van der Waals surface area contributed by atoms with Crippen molar-refractivity contribution in [1.82, 2.24) is 0 Å². The molecule has 0 saturated heterocycles. The maximum atomic E-state index is 2.12. The molecule has 0 saturated carbocycles. The zero-order chi connectivity index (χ0) is 2.71. The molecule has 0 bridgehead atoms. The fourth-order valence-corrected chi connectivity index (χ4v) is 0. The van der Waals surface area contributed by atoms with E-state index in [0.29, 0.717) is 0 Å². The SMILES string of the molecule is CCC.[Cl-].[Cl-].[Cl-].[Li+].[Mg+2]. The van der Waals surface area contributed by atoms with Crippen LogP contribution in [-0.2, 0) is 0 Å². The van der Waals surface area contributed by atoms with E-state index in [1.165, 1.54) is 6.42 Å². The summed E-state index contributed by atoms with van der Waals surface area (Å²) < 4.78 is 0. The molecule has 0 aromatic heterocycles. The van der Waals surface area contributed by atoms with Gasteiger partial charge in [0.1, 0.15) is 0 Å². The molecule has 0 atom stereocenters. The molecule has 44 valence electrons. The Morgan fingerprint density at radius 3 is 0.875 bits per heavy atom. The van der Waals surface area contributed by atoms with Gasteiger partial charge in [-0.1, -0.05) is 20.3 Å². The summed E-state index contributed by atoms with van der Waals surface area (Å²) in [7, 11) is 0. The van der Waals surface area contributed by atoms with Gasteiger partial charge in [0.2, 0.25) is 0 Å². The van der Waals surface area contributed by atoms with Crippen molar-refractivity contribution in [2.45, 2.75) is 20.3 Å². The van der Waals surface area contributed by atoms with Gasteiger partial charge < -0.3 is 37.2 Å². The predicted molar refractivity (Wildman–Crippen MR) is 21.7 cm³/mol. The van der Waals surface area contributed by atoms with Crippen molar-refractivity contribution in [3.63, 3.8) is 0 Å². The van der Waals surface area contributed by atoms with Crippen LogP contribution in [0.3, 0.4) is 0 Å². The summed E-state index contributed by atoms with van der Waals surface area (Å²) in [6.45, 7) is 4.25. The number of halogens is 3. The molecule has 0 N–H and O–H groups in total. The van der Waals surface area contributed by atoms with E-state index in [9.17, 15) is 0 Å². The smallest absolute Gasteiger partial charge is 1.00 e. The Bertz CT molecular complexity index is 14.5. The van der Waals surface area contributed by atoms with Gasteiger partial charge in [-0.15, -0.1) is 0 Å². The van der Waals surface area contributed by atoms with Crippen LogP contribution in [0.25, 0.3) is 0 Å². The van der Waals surface area contributed by atoms with Gasteiger partial charge in [-0.3, -0.25) is 0 Å². The van der Waals surface area contributed by atoms with Gasteiger partial charge in [-0.05, 0) is 0 Å². The van der Waals surface area contributed by atoms with Gasteiger partial charge in [0, 0.05) is 0 Å². The van der Waals surface area contributed by atoms with E-state index in [2.05, 4.69) is 13.8 Å². The quantitative estimate of drug-likeness (QED) is 0.326. The van der Waals surface area contributed by atoms with Crippen LogP contribution in [0.15, 0.2) is 0 Å². The van der Waals surface area contributed by atoms with Gasteiger partial charge in [-0.25, -0.2) is 0 Å². The molecule has 0 aliphatic carbocycles. The summed E-state index contributed by atoms with van der Waals surface area (Å²) >= 11 is 0. The Kier molecular flexibility index (Phi) is 364. The first kappa shape index (κ1) is 48.7. The topological polar surface area (TPSA) is 0 Å². The molecular weight excluding hydrogens is 174 g/mol. The molecule has 0 unspecified atom stereocenters. The molecule has 0 amide bonds. The zero-order valence-electron chi connectivity index (χ0n) is 5.55. The van der Waals surface area contributed by atoms with Gasteiger partial charge >= 0.3 is 41.9 Å². The molecular formula is C3H8Cl3LiMg. The van der Waals surface area contributed by atoms with Crippen LogP contribution in [0, 0.1) is 0 Å². The van der Waals surface area contributed by atoms with Crippen molar-refractivity contribution in [1.29, 1.82) is 0 Å². The van der Waals surface area contributed by atoms with Crippen LogP contribution < -0.4 is 56.1 Å². The molecule has 0 heterocycles. The molecule has 0 fully saturated rings. The van der Waals surface area contributed by atoms with Gasteiger partial charge in [-0.2, -0.15) is 0 Å². The van der Waals surface area contributed by atoms with Crippen LogP contribution in [-0.4, -0.2) is 23.1 Å². The number of hydrogen-bond acceptors (Lipinski definition) is 0. The molecule has 0 nitrogen and oxygen atoms in total. The fourth-order valence-electron chi connectivity index (χ4n) is 0. The Morgan fingerprint density at radius 1 is 0.875 bits per heavy atom. The van der Waals surface area contributed by atoms with Gasteiger partial charge in [0.25, 0.3) is 0 Å². The van der Waals surface area contributed by atoms with Crippen LogP contribution in [0.1, 0.15) is 20.3 Å². The van der Waals surface area contributed by atoms with Crippen molar-refractivity contribution in [3.8, 4) is 0 Å². The molecule has 8 heavy (non-hydrogen) atoms. The molecule has 0 rings (SSSR count). The van der Waals surface area contributed by atoms with Gasteiger partial charge in [0.05, 0.1) is 0 Å². The van der Waals surface area contributed by atoms with E-state index < -0.39 is 0 Å². The van der Waals surface area contributed by atoms with E-state index in [1.54, 1.807) is 0 Å². The second kappa shape index (κ2) is 59.9. The molecule has 0 aliphatic rings. The molecule has 0 aromatic rings. The first-order valence-electron chi connectivity index (χ1n) is 1.41. The van der Waals surface area contributed by atoms with E-state index in [0.717, 1.165) is 0 Å². The number of hydrogen-bond donors (Lipinski definition) is 0. The molecule has 0 radical (unpaired) electrons. The fraction of sp³-hybridized carbons (Fsp3) is 1.00. The van der Waals surface area contributed by atoms with E-state index in [4.69, 9.17) is 0 Å². The molecule has 0 aliphatic heterocycles. The zero-order valence-corrected chi connectivity index (χ0v) is 9.23. The van der Waals surface area contributed by atoms with Crippen LogP contribution in [0.2, 0.25) is 0 Å². The Morgan fingerprint density at radius 2 is 0.875 bits per heavy atom. The first-order valence-corrected chi connectivity index (χ1v) is 1.41. The average Bonchev–Trinajstić information content (AvgIpc) is 0.918. The Balaban J connectivity index is -0.00000000200. The third-order valence-corrected chi connectivity index (χ3v) is 0. The van der Waals surface area contributed by atoms with Gasteiger partial charge in [0.15, 0.2) is 0 Å². The second-order valence-corrected chi connectivity index (χ2v) is 0.707.